The monoisotopic (exact) mass is 176 g/mol. The molecule has 64 valence electrons. The minimum Gasteiger partial charge on any atom is -0.447 e. The molecule has 0 aliphatic heterocycles. The third-order valence-corrected chi connectivity index (χ3v) is 2.53. The lowest BCUT2D eigenvalue weighted by molar-refractivity contribution is 0.0290. The Hall–Kier alpha value is -0.240. The zero-order valence-electron chi connectivity index (χ0n) is 6.73. The van der Waals surface area contributed by atoms with E-state index in [1.807, 2.05) is 6.92 Å². The highest BCUT2D eigenvalue weighted by molar-refractivity contribution is 6.61. The number of hydrogen-bond donors (Lipinski definition) is 0. The topological polar surface area (TPSA) is 26.3 Å². The van der Waals surface area contributed by atoms with Crippen LogP contribution in [0.1, 0.15) is 39.0 Å². The maximum absolute atomic E-state index is 10.5. The molecule has 3 heteroatoms. The van der Waals surface area contributed by atoms with Gasteiger partial charge in [0.05, 0.1) is 0 Å². The molecule has 2 nitrogen and oxygen atoms in total. The van der Waals surface area contributed by atoms with Crippen molar-refractivity contribution in [2.24, 2.45) is 0 Å². The minimum absolute atomic E-state index is 0.223. The molecule has 0 bridgehead atoms. The zero-order chi connectivity index (χ0) is 8.32. The highest BCUT2D eigenvalue weighted by Gasteiger charge is 2.35. The first-order chi connectivity index (χ1) is 5.18. The third kappa shape index (κ3) is 2.09. The molecule has 0 radical (unpaired) electrons. The van der Waals surface area contributed by atoms with Gasteiger partial charge in [-0.3, -0.25) is 0 Å². The van der Waals surface area contributed by atoms with E-state index in [2.05, 4.69) is 0 Å². The van der Waals surface area contributed by atoms with Crippen LogP contribution in [0.5, 0.6) is 0 Å². The van der Waals surface area contributed by atoms with Gasteiger partial charge in [0.2, 0.25) is 0 Å². The molecular formula is C8H13ClO2. The number of carbonyl (C=O) groups is 1. The Morgan fingerprint density at radius 2 is 2.09 bits per heavy atom. The van der Waals surface area contributed by atoms with Crippen LogP contribution in [0.25, 0.3) is 0 Å². The summed E-state index contributed by atoms with van der Waals surface area (Å²) < 4.78 is 5.07. The van der Waals surface area contributed by atoms with Crippen LogP contribution in [0.4, 0.5) is 4.79 Å². The second-order valence-electron chi connectivity index (χ2n) is 3.08. The van der Waals surface area contributed by atoms with Gasteiger partial charge in [-0.05, 0) is 32.1 Å². The number of hydrogen-bond acceptors (Lipinski definition) is 2. The fourth-order valence-electron chi connectivity index (χ4n) is 1.72. The summed E-state index contributed by atoms with van der Waals surface area (Å²) in [5.41, 5.74) is -0.882. The smallest absolute Gasteiger partial charge is 0.404 e. The summed E-state index contributed by atoms with van der Waals surface area (Å²) in [6, 6.07) is 0. The van der Waals surface area contributed by atoms with Gasteiger partial charge in [0.25, 0.3) is 0 Å². The Bertz CT molecular complexity index is 150. The van der Waals surface area contributed by atoms with E-state index < -0.39 is 5.43 Å². The van der Waals surface area contributed by atoms with Crippen LogP contribution in [0.2, 0.25) is 0 Å². The van der Waals surface area contributed by atoms with E-state index in [1.54, 1.807) is 0 Å². The van der Waals surface area contributed by atoms with Crippen LogP contribution in [0, 0.1) is 0 Å². The Balaban J connectivity index is 2.52. The predicted octanol–water partition coefficient (Wildman–Crippen LogP) is 3.08. The molecule has 1 aliphatic rings. The largest absolute Gasteiger partial charge is 0.447 e. The van der Waals surface area contributed by atoms with Crippen LogP contribution < -0.4 is 0 Å². The van der Waals surface area contributed by atoms with Crippen molar-refractivity contribution in [2.45, 2.75) is 44.6 Å². The average Bonchev–Trinajstić information content (AvgIpc) is 2.36. The van der Waals surface area contributed by atoms with Gasteiger partial charge in [-0.25, -0.2) is 4.79 Å². The Labute approximate surface area is 71.9 Å². The average molecular weight is 177 g/mol. The molecule has 1 aliphatic carbocycles. The van der Waals surface area contributed by atoms with Crippen LogP contribution in [0.3, 0.4) is 0 Å². The van der Waals surface area contributed by atoms with Crippen molar-refractivity contribution < 1.29 is 9.53 Å². The van der Waals surface area contributed by atoms with Crippen molar-refractivity contribution in [1.29, 1.82) is 0 Å². The molecule has 0 aromatic carbocycles. The number of rotatable bonds is 2. The molecule has 1 saturated carbocycles. The summed E-state index contributed by atoms with van der Waals surface area (Å²) in [4.78, 5) is 10.5. The van der Waals surface area contributed by atoms with Crippen molar-refractivity contribution in [3.05, 3.63) is 0 Å². The maximum Gasteiger partial charge on any atom is 0.404 e. The van der Waals surface area contributed by atoms with Gasteiger partial charge in [0.15, 0.2) is 0 Å². The standard InChI is InChI=1S/C8H13ClO2/c1-2-8(11-7(9)10)5-3-4-6-8/h2-6H2,1H3. The van der Waals surface area contributed by atoms with Crippen LogP contribution in [-0.4, -0.2) is 11.0 Å². The highest BCUT2D eigenvalue weighted by Crippen LogP contribution is 2.36. The Kier molecular flexibility index (Phi) is 2.77. The van der Waals surface area contributed by atoms with Gasteiger partial charge in [-0.2, -0.15) is 0 Å². The molecule has 1 fully saturated rings. The van der Waals surface area contributed by atoms with E-state index in [4.69, 9.17) is 16.3 Å². The van der Waals surface area contributed by atoms with Crippen molar-refractivity contribution in [1.82, 2.24) is 0 Å². The first-order valence-electron chi connectivity index (χ1n) is 4.07. The molecule has 0 saturated heterocycles. The quantitative estimate of drug-likeness (QED) is 0.605. The van der Waals surface area contributed by atoms with E-state index >= 15 is 0 Å². The minimum atomic E-state index is -0.659. The van der Waals surface area contributed by atoms with E-state index in [-0.39, 0.29) is 5.60 Å². The van der Waals surface area contributed by atoms with E-state index in [0.717, 1.165) is 32.1 Å². The van der Waals surface area contributed by atoms with Gasteiger partial charge in [-0.1, -0.05) is 6.92 Å². The highest BCUT2D eigenvalue weighted by atomic mass is 35.5. The normalized spacial score (nSPS) is 21.6. The fraction of sp³-hybridized carbons (Fsp3) is 0.875. The summed E-state index contributed by atoms with van der Waals surface area (Å²) in [6.07, 6.45) is 5.13. The molecule has 0 heterocycles. The summed E-state index contributed by atoms with van der Waals surface area (Å²) in [6.45, 7) is 2.03. The predicted molar refractivity (Wildman–Crippen MR) is 43.8 cm³/mol. The van der Waals surface area contributed by atoms with E-state index in [9.17, 15) is 4.79 Å². The SMILES string of the molecule is CCC1(OC(=O)Cl)CCCC1. The third-order valence-electron chi connectivity index (χ3n) is 2.46. The maximum atomic E-state index is 10.5. The first-order valence-corrected chi connectivity index (χ1v) is 4.45. The molecule has 11 heavy (non-hydrogen) atoms. The number of ether oxygens (including phenoxy) is 1. The van der Waals surface area contributed by atoms with Gasteiger partial charge < -0.3 is 4.74 Å². The lowest BCUT2D eigenvalue weighted by Crippen LogP contribution is -2.28. The van der Waals surface area contributed by atoms with Gasteiger partial charge >= 0.3 is 5.43 Å². The molecule has 0 unspecified atom stereocenters. The first kappa shape index (κ1) is 8.85. The van der Waals surface area contributed by atoms with E-state index in [1.165, 1.54) is 0 Å². The van der Waals surface area contributed by atoms with Crippen LogP contribution in [-0.2, 0) is 4.74 Å². The van der Waals surface area contributed by atoms with Gasteiger partial charge in [0.1, 0.15) is 5.60 Å². The van der Waals surface area contributed by atoms with Crippen molar-refractivity contribution in [3.8, 4) is 0 Å². The van der Waals surface area contributed by atoms with Crippen LogP contribution >= 0.6 is 11.6 Å². The molecule has 0 aromatic heterocycles. The molecule has 0 amide bonds. The Morgan fingerprint density at radius 3 is 2.45 bits per heavy atom. The van der Waals surface area contributed by atoms with Crippen LogP contribution in [0.15, 0.2) is 0 Å². The van der Waals surface area contributed by atoms with E-state index in [0.29, 0.717) is 0 Å². The molecule has 0 spiro atoms. The summed E-state index contributed by atoms with van der Waals surface area (Å²) in [5, 5.41) is 0. The summed E-state index contributed by atoms with van der Waals surface area (Å²) in [5.74, 6) is 0. The zero-order valence-corrected chi connectivity index (χ0v) is 7.49. The molecule has 0 atom stereocenters. The lowest BCUT2D eigenvalue weighted by Gasteiger charge is -2.25. The second-order valence-corrected chi connectivity index (χ2v) is 3.39. The molecule has 1 rings (SSSR count). The lowest BCUT2D eigenvalue weighted by atomic mass is 9.99. The van der Waals surface area contributed by atoms with Crippen molar-refractivity contribution in [3.63, 3.8) is 0 Å². The number of halogens is 1. The molecule has 0 N–H and O–H groups in total. The molecule has 0 aromatic rings. The fourth-order valence-corrected chi connectivity index (χ4v) is 1.88. The second kappa shape index (κ2) is 3.44. The van der Waals surface area contributed by atoms with Gasteiger partial charge in [-0.15, -0.1) is 0 Å². The summed E-state index contributed by atoms with van der Waals surface area (Å²) >= 11 is 5.16. The summed E-state index contributed by atoms with van der Waals surface area (Å²) in [7, 11) is 0. The van der Waals surface area contributed by atoms with Gasteiger partial charge in [0, 0.05) is 11.6 Å². The van der Waals surface area contributed by atoms with Crippen molar-refractivity contribution >= 4 is 17.0 Å². The number of carbonyl (C=O) groups excluding carboxylic acids is 1. The molecular weight excluding hydrogens is 164 g/mol. The Morgan fingerprint density at radius 1 is 1.55 bits per heavy atom. The van der Waals surface area contributed by atoms with Crippen molar-refractivity contribution in [2.75, 3.05) is 0 Å².